The van der Waals surface area contributed by atoms with Crippen LogP contribution < -0.4 is 5.32 Å². The number of nitrogens with one attached hydrogen (secondary N) is 1. The third-order valence-corrected chi connectivity index (χ3v) is 2.60. The molecule has 0 spiro atoms. The molecular formula is C11H24N2O. The average molecular weight is 200 g/mol. The summed E-state index contributed by atoms with van der Waals surface area (Å²) in [6.45, 7) is 8.02. The van der Waals surface area contributed by atoms with Crippen LogP contribution in [0, 0.1) is 0 Å². The van der Waals surface area contributed by atoms with Crippen molar-refractivity contribution < 1.29 is 4.79 Å². The van der Waals surface area contributed by atoms with Crippen LogP contribution in [-0.4, -0.2) is 37.0 Å². The second-order valence-electron chi connectivity index (χ2n) is 3.64. The van der Waals surface area contributed by atoms with Crippen LogP contribution in [0.2, 0.25) is 0 Å². The van der Waals surface area contributed by atoms with Crippen molar-refractivity contribution in [3.05, 3.63) is 0 Å². The topological polar surface area (TPSA) is 32.3 Å². The van der Waals surface area contributed by atoms with Crippen molar-refractivity contribution in [1.29, 1.82) is 0 Å². The zero-order valence-electron chi connectivity index (χ0n) is 9.97. The maximum Gasteiger partial charge on any atom is 0.222 e. The SMILES string of the molecule is CCC(C)N(CC)C(=O)CCCNC. The lowest BCUT2D eigenvalue weighted by Gasteiger charge is -2.27. The van der Waals surface area contributed by atoms with E-state index in [1.54, 1.807) is 0 Å². The summed E-state index contributed by atoms with van der Waals surface area (Å²) in [6, 6.07) is 0.377. The van der Waals surface area contributed by atoms with Gasteiger partial charge in [0.25, 0.3) is 0 Å². The van der Waals surface area contributed by atoms with Gasteiger partial charge in [0.15, 0.2) is 0 Å². The summed E-state index contributed by atoms with van der Waals surface area (Å²) >= 11 is 0. The van der Waals surface area contributed by atoms with Crippen LogP contribution in [0.15, 0.2) is 0 Å². The van der Waals surface area contributed by atoms with Gasteiger partial charge in [-0.3, -0.25) is 4.79 Å². The Kier molecular flexibility index (Phi) is 7.48. The third-order valence-electron chi connectivity index (χ3n) is 2.60. The van der Waals surface area contributed by atoms with Gasteiger partial charge >= 0.3 is 0 Å². The van der Waals surface area contributed by atoms with E-state index >= 15 is 0 Å². The number of nitrogens with zero attached hydrogens (tertiary/aromatic N) is 1. The largest absolute Gasteiger partial charge is 0.340 e. The zero-order chi connectivity index (χ0) is 11.0. The molecule has 0 aromatic carbocycles. The minimum Gasteiger partial charge on any atom is -0.340 e. The van der Waals surface area contributed by atoms with Gasteiger partial charge in [-0.1, -0.05) is 6.92 Å². The third kappa shape index (κ3) is 4.61. The molecule has 0 radical (unpaired) electrons. The molecule has 0 saturated carbocycles. The smallest absolute Gasteiger partial charge is 0.222 e. The highest BCUT2D eigenvalue weighted by atomic mass is 16.2. The highest BCUT2D eigenvalue weighted by molar-refractivity contribution is 5.76. The van der Waals surface area contributed by atoms with Gasteiger partial charge in [0, 0.05) is 19.0 Å². The Bertz CT molecular complexity index is 159. The number of amides is 1. The molecule has 1 amide bonds. The molecule has 1 N–H and O–H groups in total. The second-order valence-corrected chi connectivity index (χ2v) is 3.64. The lowest BCUT2D eigenvalue weighted by molar-refractivity contribution is -0.133. The van der Waals surface area contributed by atoms with Gasteiger partial charge in [-0.2, -0.15) is 0 Å². The van der Waals surface area contributed by atoms with Crippen LogP contribution in [-0.2, 0) is 4.79 Å². The van der Waals surface area contributed by atoms with Crippen LogP contribution >= 0.6 is 0 Å². The van der Waals surface area contributed by atoms with E-state index in [1.807, 2.05) is 18.9 Å². The summed E-state index contributed by atoms with van der Waals surface area (Å²) in [5, 5.41) is 3.05. The molecule has 0 saturated heterocycles. The standard InChI is InChI=1S/C11H24N2O/c1-5-10(3)13(6-2)11(14)8-7-9-12-4/h10,12H,5-9H2,1-4H3. The molecule has 84 valence electrons. The van der Waals surface area contributed by atoms with Crippen molar-refractivity contribution in [2.75, 3.05) is 20.1 Å². The number of carbonyl (C=O) groups excluding carboxylic acids is 1. The summed E-state index contributed by atoms with van der Waals surface area (Å²) in [7, 11) is 1.91. The van der Waals surface area contributed by atoms with E-state index in [0.29, 0.717) is 12.5 Å². The fourth-order valence-corrected chi connectivity index (χ4v) is 1.51. The van der Waals surface area contributed by atoms with E-state index in [1.165, 1.54) is 0 Å². The predicted molar refractivity (Wildman–Crippen MR) is 60.3 cm³/mol. The van der Waals surface area contributed by atoms with Crippen molar-refractivity contribution in [2.24, 2.45) is 0 Å². The van der Waals surface area contributed by atoms with Gasteiger partial charge < -0.3 is 10.2 Å². The summed E-state index contributed by atoms with van der Waals surface area (Å²) in [4.78, 5) is 13.7. The van der Waals surface area contributed by atoms with Crippen LogP contribution in [0.5, 0.6) is 0 Å². The molecular weight excluding hydrogens is 176 g/mol. The van der Waals surface area contributed by atoms with Gasteiger partial charge in [0.05, 0.1) is 0 Å². The Hall–Kier alpha value is -0.570. The van der Waals surface area contributed by atoms with Crippen molar-refractivity contribution in [1.82, 2.24) is 10.2 Å². The molecule has 0 aliphatic carbocycles. The van der Waals surface area contributed by atoms with Crippen molar-refractivity contribution in [3.63, 3.8) is 0 Å². The molecule has 0 aliphatic heterocycles. The first kappa shape index (κ1) is 13.4. The summed E-state index contributed by atoms with van der Waals surface area (Å²) in [6.07, 6.45) is 2.63. The number of hydrogen-bond donors (Lipinski definition) is 1. The van der Waals surface area contributed by atoms with E-state index in [-0.39, 0.29) is 5.91 Å². The first-order valence-corrected chi connectivity index (χ1v) is 5.61. The van der Waals surface area contributed by atoms with Crippen molar-refractivity contribution in [2.45, 2.75) is 46.1 Å². The number of rotatable bonds is 7. The molecule has 0 aromatic heterocycles. The Morgan fingerprint density at radius 3 is 2.50 bits per heavy atom. The molecule has 1 atom stereocenters. The summed E-state index contributed by atoms with van der Waals surface area (Å²) in [5.74, 6) is 0.289. The van der Waals surface area contributed by atoms with Crippen molar-refractivity contribution >= 4 is 5.91 Å². The van der Waals surface area contributed by atoms with E-state index in [4.69, 9.17) is 0 Å². The van der Waals surface area contributed by atoms with Crippen LogP contribution in [0.3, 0.4) is 0 Å². The molecule has 0 bridgehead atoms. The summed E-state index contributed by atoms with van der Waals surface area (Å²) < 4.78 is 0. The highest BCUT2D eigenvalue weighted by Gasteiger charge is 2.15. The Labute approximate surface area is 87.9 Å². The van der Waals surface area contributed by atoms with E-state index < -0.39 is 0 Å². The Morgan fingerprint density at radius 1 is 1.43 bits per heavy atom. The summed E-state index contributed by atoms with van der Waals surface area (Å²) in [5.41, 5.74) is 0. The molecule has 0 aromatic rings. The van der Waals surface area contributed by atoms with E-state index in [9.17, 15) is 4.79 Å². The van der Waals surface area contributed by atoms with Crippen molar-refractivity contribution in [3.8, 4) is 0 Å². The average Bonchev–Trinajstić information content (AvgIpc) is 2.19. The minimum absolute atomic E-state index is 0.289. The molecule has 0 rings (SSSR count). The highest BCUT2D eigenvalue weighted by Crippen LogP contribution is 2.06. The second kappa shape index (κ2) is 7.80. The number of carbonyl (C=O) groups is 1. The zero-order valence-corrected chi connectivity index (χ0v) is 9.97. The maximum absolute atomic E-state index is 11.7. The lowest BCUT2D eigenvalue weighted by atomic mass is 10.2. The number of hydrogen-bond acceptors (Lipinski definition) is 2. The van der Waals surface area contributed by atoms with Gasteiger partial charge in [-0.05, 0) is 40.3 Å². The fraction of sp³-hybridized carbons (Fsp3) is 0.909. The quantitative estimate of drug-likeness (QED) is 0.634. The molecule has 1 unspecified atom stereocenters. The van der Waals surface area contributed by atoms with E-state index in [2.05, 4.69) is 19.2 Å². The van der Waals surface area contributed by atoms with Gasteiger partial charge in [-0.15, -0.1) is 0 Å². The fourth-order valence-electron chi connectivity index (χ4n) is 1.51. The van der Waals surface area contributed by atoms with Gasteiger partial charge in [0.2, 0.25) is 5.91 Å². The normalized spacial score (nSPS) is 12.6. The lowest BCUT2D eigenvalue weighted by Crippen LogP contribution is -2.38. The molecule has 0 aliphatic rings. The first-order valence-electron chi connectivity index (χ1n) is 5.61. The monoisotopic (exact) mass is 200 g/mol. The van der Waals surface area contributed by atoms with E-state index in [0.717, 1.165) is 25.9 Å². The van der Waals surface area contributed by atoms with Crippen LogP contribution in [0.4, 0.5) is 0 Å². The van der Waals surface area contributed by atoms with Crippen LogP contribution in [0.1, 0.15) is 40.0 Å². The molecule has 3 nitrogen and oxygen atoms in total. The Balaban J connectivity index is 3.91. The maximum atomic E-state index is 11.7. The molecule has 3 heteroatoms. The van der Waals surface area contributed by atoms with Gasteiger partial charge in [0.1, 0.15) is 0 Å². The first-order chi connectivity index (χ1) is 6.67. The minimum atomic E-state index is 0.289. The molecule has 14 heavy (non-hydrogen) atoms. The Morgan fingerprint density at radius 2 is 2.07 bits per heavy atom. The molecule has 0 heterocycles. The van der Waals surface area contributed by atoms with Crippen LogP contribution in [0.25, 0.3) is 0 Å². The van der Waals surface area contributed by atoms with Gasteiger partial charge in [-0.25, -0.2) is 0 Å². The predicted octanol–water partition coefficient (Wildman–Crippen LogP) is 1.63. The molecule has 0 fully saturated rings.